The Hall–Kier alpha value is -1.20. The van der Waals surface area contributed by atoms with Gasteiger partial charge in [-0.15, -0.1) is 0 Å². The summed E-state index contributed by atoms with van der Waals surface area (Å²) < 4.78 is 51.8. The molecule has 2 saturated heterocycles. The average Bonchev–Trinajstić information content (AvgIpc) is 3.22. The van der Waals surface area contributed by atoms with Crippen LogP contribution in [0.3, 0.4) is 0 Å². The molecule has 2 fully saturated rings. The molecule has 0 aliphatic carbocycles. The van der Waals surface area contributed by atoms with Gasteiger partial charge in [-0.25, -0.2) is 21.1 Å². The molecule has 3 rings (SSSR count). The molecule has 8 nitrogen and oxygen atoms in total. The zero-order valence-corrected chi connectivity index (χ0v) is 18.9. The van der Waals surface area contributed by atoms with E-state index in [1.807, 2.05) is 0 Å². The van der Waals surface area contributed by atoms with E-state index in [0.717, 1.165) is 19.1 Å². The van der Waals surface area contributed by atoms with Crippen molar-refractivity contribution in [2.24, 2.45) is 0 Å². The van der Waals surface area contributed by atoms with Gasteiger partial charge in [0.05, 0.1) is 21.7 Å². The van der Waals surface area contributed by atoms with Crippen molar-refractivity contribution in [2.75, 3.05) is 39.5 Å². The van der Waals surface area contributed by atoms with Crippen molar-refractivity contribution in [3.05, 3.63) is 28.8 Å². The van der Waals surface area contributed by atoms with Crippen molar-refractivity contribution in [1.29, 1.82) is 0 Å². The predicted octanol–water partition coefficient (Wildman–Crippen LogP) is 1.62. The highest BCUT2D eigenvalue weighted by Crippen LogP contribution is 2.27. The van der Waals surface area contributed by atoms with Crippen LogP contribution in [0.2, 0.25) is 5.02 Å². The van der Waals surface area contributed by atoms with Gasteiger partial charge in [-0.3, -0.25) is 4.79 Å². The molecule has 0 aromatic heterocycles. The van der Waals surface area contributed by atoms with Crippen LogP contribution in [0.1, 0.15) is 36.0 Å². The fourth-order valence-corrected chi connectivity index (χ4v) is 6.27. The summed E-state index contributed by atoms with van der Waals surface area (Å²) in [4.78, 5) is 14.7. The van der Waals surface area contributed by atoms with Gasteiger partial charge in [-0.05, 0) is 43.9 Å². The minimum absolute atomic E-state index is 0.0684. The number of benzene rings is 1. The Morgan fingerprint density at radius 3 is 2.21 bits per heavy atom. The third-order valence-corrected chi connectivity index (χ3v) is 9.23. The molecule has 0 N–H and O–H groups in total. The van der Waals surface area contributed by atoms with E-state index in [1.54, 1.807) is 11.9 Å². The monoisotopic (exact) mass is 463 g/mol. The first-order chi connectivity index (χ1) is 13.5. The molecule has 1 aromatic carbocycles. The molecule has 0 unspecified atom stereocenters. The van der Waals surface area contributed by atoms with E-state index in [0.29, 0.717) is 39.0 Å². The molecule has 29 heavy (non-hydrogen) atoms. The van der Waals surface area contributed by atoms with Crippen LogP contribution < -0.4 is 0 Å². The van der Waals surface area contributed by atoms with Crippen LogP contribution in [0.5, 0.6) is 0 Å². The largest absolute Gasteiger partial charge is 0.338 e. The maximum Gasteiger partial charge on any atom is 0.255 e. The second-order valence-electron chi connectivity index (χ2n) is 7.56. The number of sulfonamides is 2. The summed E-state index contributed by atoms with van der Waals surface area (Å²) in [6, 6.07) is 4.07. The van der Waals surface area contributed by atoms with Crippen molar-refractivity contribution in [2.45, 2.75) is 36.6 Å². The minimum Gasteiger partial charge on any atom is -0.338 e. The molecule has 162 valence electrons. The van der Waals surface area contributed by atoms with Gasteiger partial charge in [0.25, 0.3) is 5.91 Å². The van der Waals surface area contributed by atoms with Crippen LogP contribution in [0, 0.1) is 0 Å². The molecule has 0 atom stereocenters. The van der Waals surface area contributed by atoms with E-state index in [9.17, 15) is 21.6 Å². The Morgan fingerprint density at radius 2 is 1.66 bits per heavy atom. The average molecular weight is 464 g/mol. The number of hydrogen-bond acceptors (Lipinski definition) is 5. The van der Waals surface area contributed by atoms with Crippen LogP contribution >= 0.6 is 11.6 Å². The first-order valence-corrected chi connectivity index (χ1v) is 13.2. The van der Waals surface area contributed by atoms with Crippen LogP contribution in [0.25, 0.3) is 0 Å². The standard InChI is InChI=1S/C18H26ClN3O5S2/c1-20(28(2,24)25)14-7-11-21(12-8-14)18(23)16-13-15(5-6-17(16)19)29(26,27)22-9-3-4-10-22/h5-6,13-14H,3-4,7-12H2,1-2H3. The first-order valence-electron chi connectivity index (χ1n) is 9.54. The van der Waals surface area contributed by atoms with E-state index >= 15 is 0 Å². The number of amides is 1. The van der Waals surface area contributed by atoms with Crippen molar-refractivity contribution in [3.63, 3.8) is 0 Å². The lowest BCUT2D eigenvalue weighted by molar-refractivity contribution is 0.0686. The molecule has 2 heterocycles. The number of likely N-dealkylation sites (tertiary alicyclic amines) is 1. The zero-order valence-electron chi connectivity index (χ0n) is 16.5. The fraction of sp³-hybridized carbons (Fsp3) is 0.611. The van der Waals surface area contributed by atoms with Crippen molar-refractivity contribution >= 4 is 37.6 Å². The molecule has 2 aliphatic rings. The van der Waals surface area contributed by atoms with Gasteiger partial charge in [0.15, 0.2) is 0 Å². The summed E-state index contributed by atoms with van der Waals surface area (Å²) in [6.07, 6.45) is 3.85. The number of halogens is 1. The topological polar surface area (TPSA) is 95.1 Å². The van der Waals surface area contributed by atoms with Crippen LogP contribution in [0.15, 0.2) is 23.1 Å². The molecule has 0 bridgehead atoms. The summed E-state index contributed by atoms with van der Waals surface area (Å²) in [5.74, 6) is -0.339. The number of piperidine rings is 1. The first kappa shape index (κ1) is 22.5. The Labute approximate surface area is 177 Å². The molecule has 11 heteroatoms. The van der Waals surface area contributed by atoms with Gasteiger partial charge in [0.2, 0.25) is 20.0 Å². The number of carbonyl (C=O) groups is 1. The normalized spacial score (nSPS) is 19.8. The van der Waals surface area contributed by atoms with Crippen LogP contribution in [0.4, 0.5) is 0 Å². The maximum atomic E-state index is 13.0. The highest BCUT2D eigenvalue weighted by Gasteiger charge is 2.32. The molecule has 0 radical (unpaired) electrons. The van der Waals surface area contributed by atoms with Gasteiger partial charge in [0, 0.05) is 39.3 Å². The molecule has 0 saturated carbocycles. The molecular formula is C18H26ClN3O5S2. The predicted molar refractivity (Wildman–Crippen MR) is 111 cm³/mol. The lowest BCUT2D eigenvalue weighted by Crippen LogP contribution is -2.47. The highest BCUT2D eigenvalue weighted by atomic mass is 35.5. The summed E-state index contributed by atoms with van der Waals surface area (Å²) in [6.45, 7) is 1.72. The number of nitrogens with zero attached hydrogens (tertiary/aromatic N) is 3. The Morgan fingerprint density at radius 1 is 1.07 bits per heavy atom. The van der Waals surface area contributed by atoms with Crippen LogP contribution in [-0.4, -0.2) is 81.8 Å². The zero-order chi connectivity index (χ0) is 21.4. The van der Waals surface area contributed by atoms with Gasteiger partial charge in [0.1, 0.15) is 0 Å². The molecule has 0 spiro atoms. The summed E-state index contributed by atoms with van der Waals surface area (Å²) >= 11 is 6.22. The van der Waals surface area contributed by atoms with Crippen LogP contribution in [-0.2, 0) is 20.0 Å². The summed E-state index contributed by atoms with van der Waals surface area (Å²) in [5.41, 5.74) is 0.154. The van der Waals surface area contributed by atoms with E-state index < -0.39 is 20.0 Å². The van der Waals surface area contributed by atoms with E-state index in [4.69, 9.17) is 11.6 Å². The number of carbonyl (C=O) groups excluding carboxylic acids is 1. The SMILES string of the molecule is CN(C1CCN(C(=O)c2cc(S(=O)(=O)N3CCCC3)ccc2Cl)CC1)S(C)(=O)=O. The molecular weight excluding hydrogens is 438 g/mol. The third kappa shape index (κ3) is 4.77. The van der Waals surface area contributed by atoms with Crippen molar-refractivity contribution < 1.29 is 21.6 Å². The lowest BCUT2D eigenvalue weighted by Gasteiger charge is -2.35. The Kier molecular flexibility index (Phi) is 6.59. The number of rotatable bonds is 5. The highest BCUT2D eigenvalue weighted by molar-refractivity contribution is 7.89. The van der Waals surface area contributed by atoms with Crippen molar-refractivity contribution in [3.8, 4) is 0 Å². The molecule has 1 aromatic rings. The summed E-state index contributed by atoms with van der Waals surface area (Å²) in [5, 5.41) is 0.200. The molecule has 1 amide bonds. The fourth-order valence-electron chi connectivity index (χ4n) is 3.78. The Bertz CT molecular complexity index is 983. The van der Waals surface area contributed by atoms with E-state index in [1.165, 1.54) is 26.8 Å². The number of hydrogen-bond donors (Lipinski definition) is 0. The second-order valence-corrected chi connectivity index (χ2v) is 11.9. The van der Waals surface area contributed by atoms with Gasteiger partial charge in [-0.1, -0.05) is 11.6 Å². The second kappa shape index (κ2) is 8.50. The van der Waals surface area contributed by atoms with Crippen molar-refractivity contribution in [1.82, 2.24) is 13.5 Å². The lowest BCUT2D eigenvalue weighted by atomic mass is 10.0. The minimum atomic E-state index is -3.65. The van der Waals surface area contributed by atoms with E-state index in [2.05, 4.69) is 0 Å². The maximum absolute atomic E-state index is 13.0. The van der Waals surface area contributed by atoms with E-state index in [-0.39, 0.29) is 27.4 Å². The van der Waals surface area contributed by atoms with Gasteiger partial charge >= 0.3 is 0 Å². The quantitative estimate of drug-likeness (QED) is 0.661. The smallest absolute Gasteiger partial charge is 0.255 e. The third-order valence-electron chi connectivity index (χ3n) is 5.66. The van der Waals surface area contributed by atoms with Gasteiger partial charge in [-0.2, -0.15) is 4.31 Å². The summed E-state index contributed by atoms with van der Waals surface area (Å²) in [7, 11) is -5.40. The van der Waals surface area contributed by atoms with Gasteiger partial charge < -0.3 is 4.90 Å². The Balaban J connectivity index is 1.76. The molecule has 2 aliphatic heterocycles.